The van der Waals surface area contributed by atoms with Crippen molar-refractivity contribution in [2.45, 2.75) is 78.2 Å². The lowest BCUT2D eigenvalue weighted by Gasteiger charge is -2.33. The van der Waals surface area contributed by atoms with Crippen LogP contribution >= 0.6 is 0 Å². The van der Waals surface area contributed by atoms with Crippen molar-refractivity contribution in [3.05, 3.63) is 35.5 Å². The van der Waals surface area contributed by atoms with Gasteiger partial charge in [-0.3, -0.25) is 0 Å². The molecule has 0 bridgehead atoms. The molecule has 0 radical (unpaired) electrons. The van der Waals surface area contributed by atoms with E-state index >= 15 is 0 Å². The third-order valence-electron chi connectivity index (χ3n) is 5.60. The molecule has 7 heteroatoms. The number of ether oxygens (including phenoxy) is 1. The first-order chi connectivity index (χ1) is 15.3. The highest BCUT2D eigenvalue weighted by Crippen LogP contribution is 2.29. The van der Waals surface area contributed by atoms with Gasteiger partial charge in [-0.05, 0) is 57.2 Å². The Bertz CT molecular complexity index is 1090. The van der Waals surface area contributed by atoms with E-state index in [2.05, 4.69) is 31.1 Å². The minimum Gasteiger partial charge on any atom is -0.464 e. The Balaban J connectivity index is 1.92. The summed E-state index contributed by atoms with van der Waals surface area (Å²) in [4.78, 5) is 26.8. The zero-order chi connectivity index (χ0) is 24.4. The average Bonchev–Trinajstić information content (AvgIpc) is 2.98. The summed E-state index contributed by atoms with van der Waals surface area (Å²) in [6, 6.07) is 7.69. The Kier molecular flexibility index (Phi) is 7.28. The van der Waals surface area contributed by atoms with E-state index in [9.17, 15) is 14.7 Å². The zero-order valence-corrected chi connectivity index (χ0v) is 21.7. The van der Waals surface area contributed by atoms with Crippen molar-refractivity contribution < 1.29 is 19.4 Å². The molecule has 1 aliphatic carbocycles. The molecule has 0 unspecified atom stereocenters. The van der Waals surface area contributed by atoms with Crippen molar-refractivity contribution in [3.8, 4) is 11.5 Å². The summed E-state index contributed by atoms with van der Waals surface area (Å²) >= 11 is 0. The quantitative estimate of drug-likeness (QED) is 0.423. The first kappa shape index (κ1) is 24.9. The maximum absolute atomic E-state index is 12.9. The van der Waals surface area contributed by atoms with Gasteiger partial charge in [-0.15, -0.1) is 11.5 Å². The Morgan fingerprint density at radius 3 is 2.45 bits per heavy atom. The van der Waals surface area contributed by atoms with E-state index < -0.39 is 25.9 Å². The first-order valence-corrected chi connectivity index (χ1v) is 15.2. The number of amides is 1. The molecule has 178 valence electrons. The average molecular weight is 469 g/mol. The smallest absolute Gasteiger partial charge is 0.416 e. The highest BCUT2D eigenvalue weighted by molar-refractivity contribution is 6.83. The van der Waals surface area contributed by atoms with Gasteiger partial charge in [0.2, 0.25) is 0 Å². The van der Waals surface area contributed by atoms with Crippen LogP contribution in [0.1, 0.15) is 51.3 Å². The van der Waals surface area contributed by atoms with Crippen LogP contribution in [0.5, 0.6) is 0 Å². The molecule has 1 heterocycles. The fourth-order valence-corrected chi connectivity index (χ4v) is 4.50. The Hall–Kier alpha value is -2.72. The second-order valence-corrected chi connectivity index (χ2v) is 15.8. The van der Waals surface area contributed by atoms with Crippen LogP contribution in [0.15, 0.2) is 24.3 Å². The summed E-state index contributed by atoms with van der Waals surface area (Å²) in [5.41, 5.74) is 4.91. The number of fused-ring (bicyclic) bond motifs is 1. The molecule has 0 saturated heterocycles. The first-order valence-electron chi connectivity index (χ1n) is 11.7. The van der Waals surface area contributed by atoms with E-state index in [1.54, 1.807) is 4.90 Å². The topological polar surface area (TPSA) is 71.8 Å². The van der Waals surface area contributed by atoms with Gasteiger partial charge in [-0.25, -0.2) is 14.2 Å². The van der Waals surface area contributed by atoms with Crippen LogP contribution in [0.25, 0.3) is 10.9 Å². The van der Waals surface area contributed by atoms with Crippen LogP contribution in [0, 0.1) is 17.4 Å². The summed E-state index contributed by atoms with van der Waals surface area (Å²) in [7, 11) is -1.46. The number of benzene rings is 1. The largest absolute Gasteiger partial charge is 0.464 e. The molecule has 0 spiro atoms. The maximum atomic E-state index is 12.9. The molecule has 1 N–H and O–H groups in total. The summed E-state index contributed by atoms with van der Waals surface area (Å²) in [5.74, 6) is 3.69. The third kappa shape index (κ3) is 6.88. The molecule has 1 aromatic heterocycles. The third-order valence-corrected chi connectivity index (χ3v) is 6.53. The number of hydrogen-bond donors (Lipinski definition) is 1. The Morgan fingerprint density at radius 1 is 1.21 bits per heavy atom. The Morgan fingerprint density at radius 2 is 1.91 bits per heavy atom. The second-order valence-electron chi connectivity index (χ2n) is 11.0. The van der Waals surface area contributed by atoms with Crippen LogP contribution in [-0.4, -0.2) is 47.0 Å². The van der Waals surface area contributed by atoms with Crippen LogP contribution in [0.3, 0.4) is 0 Å². The molecule has 1 fully saturated rings. The van der Waals surface area contributed by atoms with Crippen molar-refractivity contribution in [1.82, 2.24) is 9.47 Å². The van der Waals surface area contributed by atoms with Gasteiger partial charge >= 0.3 is 12.2 Å². The van der Waals surface area contributed by atoms with E-state index in [1.165, 1.54) is 11.0 Å². The van der Waals surface area contributed by atoms with Crippen molar-refractivity contribution >= 4 is 31.2 Å². The molecule has 1 aromatic carbocycles. The Labute approximate surface area is 197 Å². The predicted molar refractivity (Wildman–Crippen MR) is 134 cm³/mol. The number of carbonyl (C=O) groups excluding carboxylic acids is 1. The van der Waals surface area contributed by atoms with Crippen LogP contribution in [0.4, 0.5) is 9.59 Å². The van der Waals surface area contributed by atoms with Gasteiger partial charge in [0.05, 0.1) is 12.1 Å². The lowest BCUT2D eigenvalue weighted by molar-refractivity contribution is 0.0168. The second kappa shape index (κ2) is 9.64. The van der Waals surface area contributed by atoms with Gasteiger partial charge < -0.3 is 14.7 Å². The normalized spacial score (nSPS) is 14.4. The minimum absolute atomic E-state index is 0.192. The molecular weight excluding hydrogens is 432 g/mol. The van der Waals surface area contributed by atoms with E-state index in [0.29, 0.717) is 30.1 Å². The molecule has 0 aliphatic heterocycles. The number of carbonyl (C=O) groups is 2. The molecule has 1 amide bonds. The lowest BCUT2D eigenvalue weighted by atomic mass is 9.85. The maximum Gasteiger partial charge on any atom is 0.416 e. The molecule has 2 aromatic rings. The minimum atomic E-state index is -1.46. The van der Waals surface area contributed by atoms with Crippen molar-refractivity contribution in [2.75, 3.05) is 6.54 Å². The van der Waals surface area contributed by atoms with Crippen LogP contribution in [0.2, 0.25) is 19.6 Å². The number of nitrogens with zero attached hydrogens (tertiary/aromatic N) is 2. The molecule has 33 heavy (non-hydrogen) atoms. The highest BCUT2D eigenvalue weighted by atomic mass is 28.3. The SMILES string of the molecule is CC(C)(C)OC(=O)N(Cc1cc2ccc(CC#C[Si](C)(C)C)cc2n1C(=O)O)CC1CCC1. The summed E-state index contributed by atoms with van der Waals surface area (Å²) in [5, 5.41) is 10.8. The fourth-order valence-electron chi connectivity index (χ4n) is 3.88. The van der Waals surface area contributed by atoms with E-state index in [1.807, 2.05) is 45.0 Å². The highest BCUT2D eigenvalue weighted by Gasteiger charge is 2.29. The summed E-state index contributed by atoms with van der Waals surface area (Å²) in [6.07, 6.45) is 2.47. The predicted octanol–water partition coefficient (Wildman–Crippen LogP) is 6.13. The zero-order valence-electron chi connectivity index (χ0n) is 20.7. The van der Waals surface area contributed by atoms with Gasteiger partial charge in [0.25, 0.3) is 0 Å². The van der Waals surface area contributed by atoms with Gasteiger partial charge in [0, 0.05) is 24.0 Å². The van der Waals surface area contributed by atoms with Crippen molar-refractivity contribution in [3.63, 3.8) is 0 Å². The molecule has 6 nitrogen and oxygen atoms in total. The number of rotatable bonds is 5. The molecule has 0 atom stereocenters. The lowest BCUT2D eigenvalue weighted by Crippen LogP contribution is -2.41. The van der Waals surface area contributed by atoms with Gasteiger partial charge in [-0.1, -0.05) is 38.2 Å². The van der Waals surface area contributed by atoms with Crippen LogP contribution < -0.4 is 0 Å². The van der Waals surface area contributed by atoms with E-state index in [4.69, 9.17) is 4.74 Å². The molecule has 3 rings (SSSR count). The van der Waals surface area contributed by atoms with Gasteiger partial charge in [0.1, 0.15) is 13.7 Å². The summed E-state index contributed by atoms with van der Waals surface area (Å²) < 4.78 is 6.92. The molecule has 1 aliphatic rings. The summed E-state index contributed by atoms with van der Waals surface area (Å²) in [6.45, 7) is 12.9. The van der Waals surface area contributed by atoms with E-state index in [0.717, 1.165) is 23.8 Å². The van der Waals surface area contributed by atoms with E-state index in [-0.39, 0.29) is 6.54 Å². The number of hydrogen-bond acceptors (Lipinski definition) is 3. The van der Waals surface area contributed by atoms with Gasteiger partial charge in [0.15, 0.2) is 0 Å². The monoisotopic (exact) mass is 468 g/mol. The van der Waals surface area contributed by atoms with Crippen LogP contribution in [-0.2, 0) is 17.7 Å². The molecule has 1 saturated carbocycles. The van der Waals surface area contributed by atoms with Crippen molar-refractivity contribution in [2.24, 2.45) is 5.92 Å². The standard InChI is InChI=1S/C26H36N2O4Si/c1-26(2,3)32-25(31)27(17-20-9-7-10-20)18-22-16-21-13-12-19(11-8-14-33(4,5)6)15-23(21)28(22)24(29)30/h12-13,15-16,20H,7,9-11,17-18H2,1-6H3,(H,29,30). The van der Waals surface area contributed by atoms with Crippen molar-refractivity contribution in [1.29, 1.82) is 0 Å². The number of aromatic nitrogens is 1. The number of carboxylic acid groups (broad SMARTS) is 1. The fraction of sp³-hybridized carbons (Fsp3) is 0.538. The molecular formula is C26H36N2O4Si. The van der Waals surface area contributed by atoms with Gasteiger partial charge in [-0.2, -0.15) is 0 Å².